The Kier molecular flexibility index (Phi) is 8.51. The van der Waals surface area contributed by atoms with Crippen LogP contribution in [0.2, 0.25) is 0 Å². The van der Waals surface area contributed by atoms with E-state index in [0.717, 1.165) is 25.0 Å². The molecule has 2 fully saturated rings. The lowest BCUT2D eigenvalue weighted by molar-refractivity contribution is -0.274. The van der Waals surface area contributed by atoms with E-state index in [0.29, 0.717) is 19.0 Å². The summed E-state index contributed by atoms with van der Waals surface area (Å²) in [6.07, 6.45) is -2.62. The highest BCUT2D eigenvalue weighted by Crippen LogP contribution is 2.34. The molecule has 1 aromatic rings. The molecule has 1 saturated heterocycles. The van der Waals surface area contributed by atoms with Gasteiger partial charge in [-0.05, 0) is 31.2 Å². The summed E-state index contributed by atoms with van der Waals surface area (Å²) in [6.45, 7) is 0.427. The number of urea groups is 2. The number of hydrogen-bond donors (Lipinski definition) is 2. The molecule has 2 atom stereocenters. The topological polar surface area (TPSA) is 94.2 Å². The first-order chi connectivity index (χ1) is 16.9. The van der Waals surface area contributed by atoms with Gasteiger partial charge in [-0.2, -0.15) is 0 Å². The number of nitrogens with one attached hydrogen (secondary N) is 2. The molecule has 0 spiro atoms. The Morgan fingerprint density at radius 3 is 2.39 bits per heavy atom. The molecule has 0 aromatic heterocycles. The second-order valence-electron chi connectivity index (χ2n) is 9.31. The van der Waals surface area contributed by atoms with Crippen LogP contribution in [0.25, 0.3) is 0 Å². The van der Waals surface area contributed by atoms with Crippen molar-refractivity contribution in [2.45, 2.75) is 50.7 Å². The van der Waals surface area contributed by atoms with Crippen LogP contribution in [0.15, 0.2) is 18.2 Å². The van der Waals surface area contributed by atoms with Crippen molar-refractivity contribution in [3.05, 3.63) is 29.6 Å². The molecule has 9 nitrogen and oxygen atoms in total. The van der Waals surface area contributed by atoms with Crippen LogP contribution < -0.4 is 15.4 Å². The highest BCUT2D eigenvalue weighted by molar-refractivity contribution is 5.78. The van der Waals surface area contributed by atoms with Crippen LogP contribution in [-0.2, 0) is 11.3 Å². The van der Waals surface area contributed by atoms with Crippen LogP contribution in [0.1, 0.15) is 31.2 Å². The van der Waals surface area contributed by atoms with Gasteiger partial charge in [0.1, 0.15) is 11.6 Å². The minimum atomic E-state index is -4.94. The lowest BCUT2D eigenvalue weighted by Crippen LogP contribution is -2.58. The molecule has 2 N–H and O–H groups in total. The Balaban J connectivity index is 1.70. The fraction of sp³-hybridized carbons (Fsp3) is 0.609. The van der Waals surface area contributed by atoms with E-state index in [4.69, 9.17) is 0 Å². The summed E-state index contributed by atoms with van der Waals surface area (Å²) in [4.78, 5) is 42.6. The summed E-state index contributed by atoms with van der Waals surface area (Å²) in [7, 11) is 4.82. The first kappa shape index (κ1) is 27.3. The minimum Gasteiger partial charge on any atom is -0.406 e. The average molecular weight is 518 g/mol. The zero-order chi connectivity index (χ0) is 26.6. The van der Waals surface area contributed by atoms with Gasteiger partial charge >= 0.3 is 18.4 Å². The van der Waals surface area contributed by atoms with Gasteiger partial charge in [0.25, 0.3) is 0 Å². The molecule has 200 valence electrons. The molecule has 1 saturated carbocycles. The maximum absolute atomic E-state index is 14.3. The average Bonchev–Trinajstić information content (AvgIpc) is 3.61. The number of nitrogens with zero attached hydrogens (tertiary/aromatic N) is 3. The van der Waals surface area contributed by atoms with Crippen LogP contribution >= 0.6 is 0 Å². The van der Waals surface area contributed by atoms with Crippen molar-refractivity contribution in [1.29, 1.82) is 0 Å². The van der Waals surface area contributed by atoms with Crippen molar-refractivity contribution >= 4 is 18.0 Å². The Morgan fingerprint density at radius 2 is 1.83 bits per heavy atom. The van der Waals surface area contributed by atoms with Gasteiger partial charge in [-0.25, -0.2) is 14.0 Å². The van der Waals surface area contributed by atoms with Gasteiger partial charge in [-0.3, -0.25) is 4.79 Å². The van der Waals surface area contributed by atoms with Gasteiger partial charge in [0.15, 0.2) is 0 Å². The zero-order valence-electron chi connectivity index (χ0n) is 20.4. The number of rotatable bonds is 7. The van der Waals surface area contributed by atoms with E-state index < -0.39 is 24.0 Å². The summed E-state index contributed by atoms with van der Waals surface area (Å²) < 4.78 is 55.1. The molecule has 1 aromatic carbocycles. The molecular formula is C23H31F4N5O4. The third-order valence-corrected chi connectivity index (χ3v) is 6.23. The van der Waals surface area contributed by atoms with Crippen molar-refractivity contribution in [3.8, 4) is 5.75 Å². The molecule has 1 aliphatic carbocycles. The SMILES string of the molecule is CNC(=O)N1CC(CC(=O)N(C)C)CC(N(C(=O)NCc2ccc(OC(F)(F)F)cc2F)C2CC2)C1. The summed E-state index contributed by atoms with van der Waals surface area (Å²) in [5, 5.41) is 5.23. The van der Waals surface area contributed by atoms with Gasteiger partial charge < -0.3 is 30.1 Å². The van der Waals surface area contributed by atoms with Crippen molar-refractivity contribution < 1.29 is 36.7 Å². The quantitative estimate of drug-likeness (QED) is 0.544. The Bertz CT molecular complexity index is 970. The predicted octanol–water partition coefficient (Wildman–Crippen LogP) is 2.91. The van der Waals surface area contributed by atoms with Gasteiger partial charge in [0.2, 0.25) is 5.91 Å². The van der Waals surface area contributed by atoms with Crippen LogP contribution in [0.3, 0.4) is 0 Å². The number of carbonyl (C=O) groups is 3. The third-order valence-electron chi connectivity index (χ3n) is 6.23. The lowest BCUT2D eigenvalue weighted by atomic mass is 9.90. The van der Waals surface area contributed by atoms with Crippen molar-refractivity contribution in [1.82, 2.24) is 25.3 Å². The summed E-state index contributed by atoms with van der Waals surface area (Å²) in [6, 6.07) is 1.55. The van der Waals surface area contributed by atoms with Gasteiger partial charge in [0.05, 0.1) is 6.04 Å². The summed E-state index contributed by atoms with van der Waals surface area (Å²) in [5.74, 6) is -1.86. The lowest BCUT2D eigenvalue weighted by Gasteiger charge is -2.42. The number of hydrogen-bond acceptors (Lipinski definition) is 4. The van der Waals surface area contributed by atoms with Gasteiger partial charge in [0, 0.05) is 64.9 Å². The van der Waals surface area contributed by atoms with E-state index in [9.17, 15) is 31.9 Å². The molecule has 1 heterocycles. The first-order valence-electron chi connectivity index (χ1n) is 11.6. The monoisotopic (exact) mass is 517 g/mol. The number of benzene rings is 1. The molecule has 0 bridgehead atoms. The van der Waals surface area contributed by atoms with Gasteiger partial charge in [-0.1, -0.05) is 6.07 Å². The first-order valence-corrected chi connectivity index (χ1v) is 11.6. The normalized spacial score (nSPS) is 19.9. The maximum atomic E-state index is 14.3. The fourth-order valence-corrected chi connectivity index (χ4v) is 4.39. The van der Waals surface area contributed by atoms with Crippen molar-refractivity contribution in [3.63, 3.8) is 0 Å². The number of alkyl halides is 3. The van der Waals surface area contributed by atoms with Gasteiger partial charge in [-0.15, -0.1) is 13.2 Å². The van der Waals surface area contributed by atoms with Crippen LogP contribution in [0.5, 0.6) is 5.75 Å². The molecule has 3 rings (SSSR count). The highest BCUT2D eigenvalue weighted by Gasteiger charge is 2.42. The fourth-order valence-electron chi connectivity index (χ4n) is 4.39. The molecule has 2 unspecified atom stereocenters. The second kappa shape index (κ2) is 11.2. The van der Waals surface area contributed by atoms with E-state index in [1.54, 1.807) is 23.9 Å². The number of halogens is 4. The number of piperidine rings is 1. The largest absolute Gasteiger partial charge is 0.573 e. The molecule has 2 aliphatic rings. The van der Waals surface area contributed by atoms with E-state index >= 15 is 0 Å². The Hall–Kier alpha value is -3.25. The van der Waals surface area contributed by atoms with Crippen LogP contribution in [-0.4, -0.2) is 85.3 Å². The van der Waals surface area contributed by atoms with Crippen molar-refractivity contribution in [2.75, 3.05) is 34.2 Å². The summed E-state index contributed by atoms with van der Waals surface area (Å²) >= 11 is 0. The third kappa shape index (κ3) is 7.37. The number of carbonyl (C=O) groups excluding carboxylic acids is 3. The zero-order valence-corrected chi connectivity index (χ0v) is 20.4. The number of ether oxygens (including phenoxy) is 1. The standard InChI is InChI=1S/C23H31F4N5O4/c1-28-21(34)31-12-14(9-20(33)30(2)3)8-17(13-31)32(16-5-6-16)22(35)29-11-15-4-7-18(10-19(15)24)36-23(25,26)27/h4,7,10,14,16-17H,5-6,8-9,11-13H2,1-3H3,(H,28,34)(H,29,35). The highest BCUT2D eigenvalue weighted by atomic mass is 19.4. The van der Waals surface area contributed by atoms with Crippen LogP contribution in [0, 0.1) is 11.7 Å². The number of likely N-dealkylation sites (tertiary alicyclic amines) is 1. The Labute approximate surface area is 206 Å². The molecule has 1 aliphatic heterocycles. The second-order valence-corrected chi connectivity index (χ2v) is 9.31. The van der Waals surface area contributed by atoms with Crippen LogP contribution in [0.4, 0.5) is 27.2 Å². The van der Waals surface area contributed by atoms with E-state index in [1.807, 2.05) is 0 Å². The minimum absolute atomic E-state index is 0.00120. The van der Waals surface area contributed by atoms with E-state index in [1.165, 1.54) is 11.9 Å². The smallest absolute Gasteiger partial charge is 0.406 e. The molecule has 5 amide bonds. The maximum Gasteiger partial charge on any atom is 0.573 e. The molecular weight excluding hydrogens is 486 g/mol. The van der Waals surface area contributed by atoms with E-state index in [2.05, 4.69) is 15.4 Å². The summed E-state index contributed by atoms with van der Waals surface area (Å²) in [5.41, 5.74) is -0.00120. The molecule has 13 heteroatoms. The molecule has 36 heavy (non-hydrogen) atoms. The van der Waals surface area contributed by atoms with E-state index in [-0.39, 0.29) is 55.0 Å². The molecule has 0 radical (unpaired) electrons. The van der Waals surface area contributed by atoms with Crippen molar-refractivity contribution in [2.24, 2.45) is 5.92 Å². The predicted molar refractivity (Wildman–Crippen MR) is 121 cm³/mol. The number of amides is 5. The Morgan fingerprint density at radius 1 is 1.14 bits per heavy atom.